The summed E-state index contributed by atoms with van der Waals surface area (Å²) in [5.41, 5.74) is 5.41. The first-order valence-electron chi connectivity index (χ1n) is 1.96. The Kier molecular flexibility index (Phi) is 5.90. The molecule has 7 heavy (non-hydrogen) atoms. The zero-order valence-electron chi connectivity index (χ0n) is 4.13. The van der Waals surface area contributed by atoms with E-state index in [2.05, 4.69) is 11.7 Å². The summed E-state index contributed by atoms with van der Waals surface area (Å²) < 4.78 is 0. The van der Waals surface area contributed by atoms with Crippen molar-refractivity contribution in [3.63, 3.8) is 0 Å². The molecular weight excluding hydrogens is 146 g/mol. The highest BCUT2D eigenvalue weighted by Gasteiger charge is 1.90. The minimum absolute atomic E-state index is 0.296. The maximum Gasteiger partial charge on any atom is 0.0194 e. The second-order valence-corrected chi connectivity index (χ2v) is 4.55. The molecule has 2 N–H and O–H groups in total. The van der Waals surface area contributed by atoms with Crippen LogP contribution in [-0.4, -0.2) is 11.8 Å². The minimum atomic E-state index is 0.296. The van der Waals surface area contributed by atoms with Crippen molar-refractivity contribution in [1.29, 1.82) is 0 Å². The maximum atomic E-state index is 5.41. The Balaban J connectivity index is 2.68. The molecule has 0 saturated carbocycles. The van der Waals surface area contributed by atoms with E-state index in [1.165, 1.54) is 9.83 Å². The van der Waals surface area contributed by atoms with Crippen LogP contribution in [-0.2, 0) is 0 Å². The molecule has 0 fully saturated rings. The lowest BCUT2D eigenvalue weighted by atomic mass is 10.4. The number of thiol groups is 1. The van der Waals surface area contributed by atoms with Gasteiger partial charge in [0.05, 0.1) is 0 Å². The summed E-state index contributed by atoms with van der Waals surface area (Å²) in [4.78, 5) is 0. The second kappa shape index (κ2) is 5.15. The lowest BCUT2D eigenvalue weighted by molar-refractivity contribution is 0.850. The molecule has 0 aromatic carbocycles. The Hall–Kier alpha value is 1.01. The van der Waals surface area contributed by atoms with Crippen LogP contribution >= 0.6 is 32.3 Å². The first-order chi connectivity index (χ1) is 3.27. The van der Waals surface area contributed by atoms with Gasteiger partial charge in [-0.3, -0.25) is 0 Å². The van der Waals surface area contributed by atoms with Gasteiger partial charge in [0.1, 0.15) is 0 Å². The van der Waals surface area contributed by atoms with Gasteiger partial charge >= 0.3 is 0 Å². The standard InChI is InChI=1S/C3H9NS3/c1-3(4)2-6-7-5/h3,5H,2,4H2,1H3. The molecule has 0 aliphatic rings. The molecule has 0 aromatic heterocycles. The molecule has 1 atom stereocenters. The van der Waals surface area contributed by atoms with Gasteiger partial charge in [0, 0.05) is 11.8 Å². The van der Waals surface area contributed by atoms with Crippen molar-refractivity contribution in [2.75, 3.05) is 5.75 Å². The molecule has 0 aliphatic carbocycles. The highest BCUT2D eigenvalue weighted by atomic mass is 33.5. The third-order valence-corrected chi connectivity index (χ3v) is 2.82. The summed E-state index contributed by atoms with van der Waals surface area (Å²) in [5, 5.41) is 0. The fourth-order valence-electron chi connectivity index (χ4n) is 0.138. The van der Waals surface area contributed by atoms with Gasteiger partial charge in [0.15, 0.2) is 0 Å². The van der Waals surface area contributed by atoms with Gasteiger partial charge in [-0.25, -0.2) is 0 Å². The van der Waals surface area contributed by atoms with Gasteiger partial charge < -0.3 is 5.73 Å². The van der Waals surface area contributed by atoms with Crippen LogP contribution < -0.4 is 5.73 Å². The van der Waals surface area contributed by atoms with Crippen LogP contribution in [0.25, 0.3) is 0 Å². The fourth-order valence-corrected chi connectivity index (χ4v) is 1.79. The first kappa shape index (κ1) is 8.01. The Morgan fingerprint density at radius 2 is 2.43 bits per heavy atom. The van der Waals surface area contributed by atoms with E-state index in [-0.39, 0.29) is 0 Å². The highest BCUT2D eigenvalue weighted by Crippen LogP contribution is 2.24. The predicted octanol–water partition coefficient (Wildman–Crippen LogP) is 1.56. The van der Waals surface area contributed by atoms with E-state index >= 15 is 0 Å². The zero-order valence-corrected chi connectivity index (χ0v) is 6.65. The first-order valence-corrected chi connectivity index (χ1v) is 5.33. The SMILES string of the molecule is CC(N)CSSS. The van der Waals surface area contributed by atoms with Crippen LogP contribution in [0.1, 0.15) is 6.92 Å². The average molecular weight is 155 g/mol. The van der Waals surface area contributed by atoms with Gasteiger partial charge in [-0.05, 0) is 16.7 Å². The fraction of sp³-hybridized carbons (Fsp3) is 1.00. The summed E-state index contributed by atoms with van der Waals surface area (Å²) in [5.74, 6) is 0.980. The number of hydrogen-bond acceptors (Lipinski definition) is 4. The van der Waals surface area contributed by atoms with Gasteiger partial charge in [0.25, 0.3) is 0 Å². The van der Waals surface area contributed by atoms with E-state index in [1.807, 2.05) is 6.92 Å². The smallest absolute Gasteiger partial charge is 0.0194 e. The predicted molar refractivity (Wildman–Crippen MR) is 42.7 cm³/mol. The molecule has 0 heterocycles. The zero-order chi connectivity index (χ0) is 5.70. The van der Waals surface area contributed by atoms with Gasteiger partial charge in [0.2, 0.25) is 0 Å². The van der Waals surface area contributed by atoms with Crippen LogP contribution in [0.5, 0.6) is 0 Å². The lowest BCUT2D eigenvalue weighted by Crippen LogP contribution is -2.16. The monoisotopic (exact) mass is 155 g/mol. The molecule has 44 valence electrons. The minimum Gasteiger partial charge on any atom is -0.327 e. The summed E-state index contributed by atoms with van der Waals surface area (Å²) in [6.45, 7) is 1.98. The topological polar surface area (TPSA) is 26.0 Å². The molecule has 0 aromatic rings. The molecule has 0 radical (unpaired) electrons. The van der Waals surface area contributed by atoms with Crippen molar-refractivity contribution in [2.45, 2.75) is 13.0 Å². The van der Waals surface area contributed by atoms with Crippen LogP contribution in [0.3, 0.4) is 0 Å². The van der Waals surface area contributed by atoms with Gasteiger partial charge in [-0.2, -0.15) is 0 Å². The number of nitrogens with two attached hydrogens (primary N) is 1. The summed E-state index contributed by atoms with van der Waals surface area (Å²) in [7, 11) is 3.13. The van der Waals surface area contributed by atoms with E-state index in [4.69, 9.17) is 5.73 Å². The summed E-state index contributed by atoms with van der Waals surface area (Å²) in [6.07, 6.45) is 0. The third kappa shape index (κ3) is 7.01. The molecular formula is C3H9NS3. The number of hydrogen-bond donors (Lipinski definition) is 2. The maximum absolute atomic E-state index is 5.41. The highest BCUT2D eigenvalue weighted by molar-refractivity contribution is 9.05. The third-order valence-electron chi connectivity index (χ3n) is 0.384. The van der Waals surface area contributed by atoms with Crippen LogP contribution in [0.4, 0.5) is 0 Å². The molecule has 0 bridgehead atoms. The van der Waals surface area contributed by atoms with Gasteiger partial charge in [-0.1, -0.05) is 22.5 Å². The Morgan fingerprint density at radius 1 is 1.86 bits per heavy atom. The van der Waals surface area contributed by atoms with Crippen LogP contribution in [0, 0.1) is 0 Å². The van der Waals surface area contributed by atoms with E-state index in [0.29, 0.717) is 6.04 Å². The molecule has 1 nitrogen and oxygen atoms in total. The van der Waals surface area contributed by atoms with E-state index < -0.39 is 0 Å². The van der Waals surface area contributed by atoms with Crippen molar-refractivity contribution in [2.24, 2.45) is 5.73 Å². The van der Waals surface area contributed by atoms with Crippen molar-refractivity contribution >= 4 is 32.3 Å². The van der Waals surface area contributed by atoms with Crippen molar-refractivity contribution in [3.8, 4) is 0 Å². The summed E-state index contributed by atoms with van der Waals surface area (Å²) >= 11 is 3.92. The van der Waals surface area contributed by atoms with Crippen molar-refractivity contribution < 1.29 is 0 Å². The Bertz CT molecular complexity index is 39.2. The normalized spacial score (nSPS) is 14.1. The molecule has 4 heteroatoms. The van der Waals surface area contributed by atoms with Gasteiger partial charge in [-0.15, -0.1) is 0 Å². The van der Waals surface area contributed by atoms with Crippen molar-refractivity contribution in [3.05, 3.63) is 0 Å². The second-order valence-electron chi connectivity index (χ2n) is 1.34. The van der Waals surface area contributed by atoms with E-state index in [0.717, 1.165) is 5.75 Å². The molecule has 0 spiro atoms. The van der Waals surface area contributed by atoms with Crippen LogP contribution in [0.15, 0.2) is 0 Å². The number of rotatable bonds is 3. The molecule has 0 amide bonds. The largest absolute Gasteiger partial charge is 0.327 e. The Labute approximate surface area is 57.0 Å². The molecule has 0 aliphatic heterocycles. The average Bonchev–Trinajstić information content (AvgIpc) is 1.61. The summed E-state index contributed by atoms with van der Waals surface area (Å²) in [6, 6.07) is 0.296. The van der Waals surface area contributed by atoms with Crippen LogP contribution in [0.2, 0.25) is 0 Å². The molecule has 0 saturated heterocycles. The molecule has 0 rings (SSSR count). The lowest BCUT2D eigenvalue weighted by Gasteiger charge is -1.98. The van der Waals surface area contributed by atoms with Crippen molar-refractivity contribution in [1.82, 2.24) is 0 Å². The quantitative estimate of drug-likeness (QED) is 0.478. The molecule has 1 unspecified atom stereocenters. The van der Waals surface area contributed by atoms with E-state index in [1.54, 1.807) is 10.8 Å². The van der Waals surface area contributed by atoms with E-state index in [9.17, 15) is 0 Å². The Morgan fingerprint density at radius 3 is 2.57 bits per heavy atom.